The molecule has 0 aromatic heterocycles. The number of ketones is 2. The van der Waals surface area contributed by atoms with Gasteiger partial charge in [0.1, 0.15) is 23.2 Å². The van der Waals surface area contributed by atoms with E-state index in [4.69, 9.17) is 4.74 Å². The Morgan fingerprint density at radius 1 is 1.17 bits per heavy atom. The van der Waals surface area contributed by atoms with E-state index in [0.29, 0.717) is 24.2 Å². The number of rotatable bonds is 3. The van der Waals surface area contributed by atoms with Crippen molar-refractivity contribution in [2.75, 3.05) is 7.11 Å². The van der Waals surface area contributed by atoms with Crippen molar-refractivity contribution in [1.29, 1.82) is 0 Å². The van der Waals surface area contributed by atoms with Gasteiger partial charge in [0.2, 0.25) is 5.91 Å². The predicted octanol–water partition coefficient (Wildman–Crippen LogP) is 3.46. The van der Waals surface area contributed by atoms with Crippen LogP contribution in [-0.4, -0.2) is 30.6 Å². The summed E-state index contributed by atoms with van der Waals surface area (Å²) in [4.78, 5) is 37.7. The van der Waals surface area contributed by atoms with Crippen LogP contribution < -0.4 is 10.1 Å². The number of hydrogen-bond donors (Lipinski definition) is 1. The van der Waals surface area contributed by atoms with E-state index in [1.54, 1.807) is 14.0 Å². The Hall–Kier alpha value is -2.61. The number of amides is 1. The highest BCUT2D eigenvalue weighted by atomic mass is 16.5. The van der Waals surface area contributed by atoms with Crippen LogP contribution in [0.4, 0.5) is 0 Å². The Labute approximate surface area is 172 Å². The first-order chi connectivity index (χ1) is 13.8. The summed E-state index contributed by atoms with van der Waals surface area (Å²) >= 11 is 0. The van der Waals surface area contributed by atoms with Gasteiger partial charge in [-0.3, -0.25) is 14.4 Å². The Morgan fingerprint density at radius 2 is 1.79 bits per heavy atom. The van der Waals surface area contributed by atoms with Crippen LogP contribution in [-0.2, 0) is 14.4 Å². The van der Waals surface area contributed by atoms with Gasteiger partial charge < -0.3 is 10.1 Å². The number of aryl methyl sites for hydroxylation is 1. The minimum atomic E-state index is -0.757. The maximum Gasteiger partial charge on any atom is 0.217 e. The summed E-state index contributed by atoms with van der Waals surface area (Å²) in [7, 11) is 1.56. The van der Waals surface area contributed by atoms with Crippen LogP contribution in [0.15, 0.2) is 12.1 Å². The van der Waals surface area contributed by atoms with Gasteiger partial charge in [-0.15, -0.1) is 5.92 Å². The first-order valence-electron chi connectivity index (χ1n) is 10.2. The third kappa shape index (κ3) is 4.37. The number of hydrogen-bond acceptors (Lipinski definition) is 4. The van der Waals surface area contributed by atoms with Gasteiger partial charge in [0.25, 0.3) is 0 Å². The summed E-state index contributed by atoms with van der Waals surface area (Å²) in [5.41, 5.74) is 2.10. The molecule has 5 heteroatoms. The minimum Gasteiger partial charge on any atom is -0.496 e. The Kier molecular flexibility index (Phi) is 6.12. The molecule has 0 atom stereocenters. The fraction of sp³-hybridized carbons (Fsp3) is 0.542. The first-order valence-corrected chi connectivity index (χ1v) is 10.2. The fourth-order valence-electron chi connectivity index (χ4n) is 5.04. The van der Waals surface area contributed by atoms with Crippen molar-refractivity contribution < 1.29 is 19.1 Å². The van der Waals surface area contributed by atoms with Gasteiger partial charge in [-0.2, -0.15) is 0 Å². The molecule has 1 amide bonds. The lowest BCUT2D eigenvalue weighted by molar-refractivity contribution is -0.138. The number of carbonyl (C=O) groups excluding carboxylic acids is 3. The van der Waals surface area contributed by atoms with Crippen LogP contribution >= 0.6 is 0 Å². The second kappa shape index (κ2) is 8.41. The predicted molar refractivity (Wildman–Crippen MR) is 111 cm³/mol. The molecule has 154 valence electrons. The molecule has 2 aliphatic rings. The van der Waals surface area contributed by atoms with E-state index in [1.165, 1.54) is 6.92 Å². The van der Waals surface area contributed by atoms with Gasteiger partial charge >= 0.3 is 0 Å². The highest BCUT2D eigenvalue weighted by Crippen LogP contribution is 2.49. The van der Waals surface area contributed by atoms with E-state index in [2.05, 4.69) is 17.2 Å². The van der Waals surface area contributed by atoms with Gasteiger partial charge in [-0.25, -0.2) is 0 Å². The molecular formula is C24H29NO4. The third-order valence-electron chi connectivity index (χ3n) is 6.32. The quantitative estimate of drug-likeness (QED) is 0.628. The number of methoxy groups -OCH3 is 1. The van der Waals surface area contributed by atoms with E-state index in [-0.39, 0.29) is 28.9 Å². The summed E-state index contributed by atoms with van der Waals surface area (Å²) in [6, 6.07) is 3.87. The number of Topliss-reactive ketones (excluding diaryl/α,β-unsaturated/α-hetero) is 2. The highest BCUT2D eigenvalue weighted by molar-refractivity contribution is 6.11. The van der Waals surface area contributed by atoms with E-state index >= 15 is 0 Å². The Morgan fingerprint density at radius 3 is 2.31 bits per heavy atom. The molecule has 5 nitrogen and oxygen atoms in total. The molecule has 0 unspecified atom stereocenters. The SMILES string of the molecule is CC#Cc1cc(C)c(C2C(=O)CC3(CCC(NC(C)=O)CC3)CC2=O)c(OC)c1. The van der Waals surface area contributed by atoms with Crippen LogP contribution in [0.1, 0.15) is 75.0 Å². The molecule has 1 N–H and O–H groups in total. The molecular weight excluding hydrogens is 366 g/mol. The normalized spacial score (nSPS) is 26.6. The number of benzene rings is 1. The molecule has 1 aromatic rings. The summed E-state index contributed by atoms with van der Waals surface area (Å²) in [6.45, 7) is 5.20. The Bertz CT molecular complexity index is 877. The lowest BCUT2D eigenvalue weighted by Gasteiger charge is -2.43. The van der Waals surface area contributed by atoms with E-state index in [9.17, 15) is 14.4 Å². The lowest BCUT2D eigenvalue weighted by atomic mass is 9.60. The molecule has 2 aliphatic carbocycles. The smallest absolute Gasteiger partial charge is 0.217 e. The van der Waals surface area contributed by atoms with Crippen molar-refractivity contribution in [2.45, 2.75) is 71.3 Å². The molecule has 1 aromatic carbocycles. The van der Waals surface area contributed by atoms with Crippen LogP contribution in [0.5, 0.6) is 5.75 Å². The zero-order valence-corrected chi connectivity index (χ0v) is 17.7. The summed E-state index contributed by atoms with van der Waals surface area (Å²) < 4.78 is 5.54. The molecule has 0 saturated heterocycles. The summed E-state index contributed by atoms with van der Waals surface area (Å²) in [6.07, 6.45) is 4.05. The van der Waals surface area contributed by atoms with Crippen LogP contribution in [0, 0.1) is 24.2 Å². The number of carbonyl (C=O) groups is 3. The van der Waals surface area contributed by atoms with Crippen molar-refractivity contribution >= 4 is 17.5 Å². The van der Waals surface area contributed by atoms with Crippen LogP contribution in [0.2, 0.25) is 0 Å². The van der Waals surface area contributed by atoms with Crippen molar-refractivity contribution in [1.82, 2.24) is 5.32 Å². The van der Waals surface area contributed by atoms with Crippen molar-refractivity contribution in [2.24, 2.45) is 5.41 Å². The molecule has 2 fully saturated rings. The van der Waals surface area contributed by atoms with Gasteiger partial charge in [-0.1, -0.05) is 5.92 Å². The first kappa shape index (κ1) is 21.1. The Balaban J connectivity index is 1.83. The van der Waals surface area contributed by atoms with Crippen molar-refractivity contribution in [3.05, 3.63) is 28.8 Å². The monoisotopic (exact) mass is 395 g/mol. The van der Waals surface area contributed by atoms with Crippen LogP contribution in [0.25, 0.3) is 0 Å². The molecule has 2 saturated carbocycles. The highest BCUT2D eigenvalue weighted by Gasteiger charge is 2.48. The zero-order valence-electron chi connectivity index (χ0n) is 17.7. The topological polar surface area (TPSA) is 72.5 Å². The van der Waals surface area contributed by atoms with E-state index < -0.39 is 5.92 Å². The molecule has 0 aliphatic heterocycles. The van der Waals surface area contributed by atoms with Crippen molar-refractivity contribution in [3.8, 4) is 17.6 Å². The average molecular weight is 395 g/mol. The summed E-state index contributed by atoms with van der Waals surface area (Å²) in [5.74, 6) is 5.61. The van der Waals surface area contributed by atoms with Gasteiger partial charge in [0, 0.05) is 36.9 Å². The second-order valence-electron chi connectivity index (χ2n) is 8.48. The second-order valence-corrected chi connectivity index (χ2v) is 8.48. The van der Waals surface area contributed by atoms with Gasteiger partial charge in [0.05, 0.1) is 7.11 Å². The standard InChI is InChI=1S/C24H29NO4/c1-5-6-17-11-15(2)22(21(12-17)29-4)23-19(27)13-24(14-20(23)28)9-7-18(8-10-24)25-16(3)26/h11-12,18,23H,7-10,13-14H2,1-4H3,(H,25,26). The maximum atomic E-state index is 13.2. The molecule has 0 bridgehead atoms. The number of nitrogens with one attached hydrogen (secondary N) is 1. The molecule has 0 radical (unpaired) electrons. The van der Waals surface area contributed by atoms with Gasteiger partial charge in [0.15, 0.2) is 0 Å². The molecule has 0 heterocycles. The zero-order chi connectivity index (χ0) is 21.2. The van der Waals surface area contributed by atoms with Crippen LogP contribution in [0.3, 0.4) is 0 Å². The van der Waals surface area contributed by atoms with Gasteiger partial charge in [-0.05, 0) is 62.6 Å². The van der Waals surface area contributed by atoms with Crippen molar-refractivity contribution in [3.63, 3.8) is 0 Å². The fourth-order valence-corrected chi connectivity index (χ4v) is 5.04. The van der Waals surface area contributed by atoms with E-state index in [0.717, 1.165) is 36.8 Å². The maximum absolute atomic E-state index is 13.2. The minimum absolute atomic E-state index is 0.0186. The van der Waals surface area contributed by atoms with E-state index in [1.807, 2.05) is 19.1 Å². The average Bonchev–Trinajstić information content (AvgIpc) is 2.64. The molecule has 3 rings (SSSR count). The molecule has 1 spiro atoms. The molecule has 29 heavy (non-hydrogen) atoms. The largest absolute Gasteiger partial charge is 0.496 e. The lowest BCUT2D eigenvalue weighted by Crippen LogP contribution is -2.45. The number of ether oxygens (including phenoxy) is 1. The third-order valence-corrected chi connectivity index (χ3v) is 6.32. The summed E-state index contributed by atoms with van der Waals surface area (Å²) in [5, 5.41) is 2.96.